The predicted molar refractivity (Wildman–Crippen MR) is 123 cm³/mol. The van der Waals surface area contributed by atoms with Crippen molar-refractivity contribution >= 4 is 0 Å². The Kier molecular flexibility index (Phi) is 7.51. The van der Waals surface area contributed by atoms with Crippen molar-refractivity contribution in [3.8, 4) is 0 Å². The third-order valence-electron chi connectivity index (χ3n) is 8.36. The molecule has 1 heterocycles. The summed E-state index contributed by atoms with van der Waals surface area (Å²) in [6.45, 7) is 4.31. The van der Waals surface area contributed by atoms with Crippen molar-refractivity contribution in [2.24, 2.45) is 17.8 Å². The van der Waals surface area contributed by atoms with E-state index in [0.29, 0.717) is 12.2 Å². The molecule has 2 unspecified atom stereocenters. The van der Waals surface area contributed by atoms with Gasteiger partial charge < -0.3 is 4.74 Å². The minimum atomic E-state index is 0.533. The van der Waals surface area contributed by atoms with Gasteiger partial charge in [-0.1, -0.05) is 42.0 Å². The molecule has 0 aromatic heterocycles. The highest BCUT2D eigenvalue weighted by Crippen LogP contribution is 2.45. The molecule has 2 aliphatic carbocycles. The lowest BCUT2D eigenvalue weighted by atomic mass is 9.67. The molecule has 0 amide bonds. The Morgan fingerprint density at radius 2 is 1.41 bits per heavy atom. The van der Waals surface area contributed by atoms with Crippen LogP contribution in [0.3, 0.4) is 0 Å². The number of ether oxygens (including phenoxy) is 1. The van der Waals surface area contributed by atoms with E-state index < -0.39 is 0 Å². The van der Waals surface area contributed by atoms with Gasteiger partial charge in [-0.2, -0.15) is 0 Å². The molecule has 0 bridgehead atoms. The molecule has 1 aromatic rings. The van der Waals surface area contributed by atoms with Crippen LogP contribution in [0.25, 0.3) is 0 Å². The average Bonchev–Trinajstić information content (AvgIpc) is 3.24. The maximum absolute atomic E-state index is 6.47. The number of benzene rings is 1. The van der Waals surface area contributed by atoms with E-state index in [9.17, 15) is 0 Å². The van der Waals surface area contributed by atoms with Crippen LogP contribution in [0.4, 0.5) is 0 Å². The molecule has 2 saturated carbocycles. The van der Waals surface area contributed by atoms with Gasteiger partial charge in [0.1, 0.15) is 0 Å². The molecule has 3 aliphatic rings. The monoisotopic (exact) mass is 394 g/mol. The zero-order valence-corrected chi connectivity index (χ0v) is 18.8. The quantitative estimate of drug-likeness (QED) is 0.444. The highest BCUT2D eigenvalue weighted by Gasteiger charge is 2.36. The predicted octanol–water partition coefficient (Wildman–Crippen LogP) is 7.98. The van der Waals surface area contributed by atoms with Crippen LogP contribution >= 0.6 is 0 Å². The van der Waals surface area contributed by atoms with Crippen molar-refractivity contribution < 1.29 is 4.74 Å². The van der Waals surface area contributed by atoms with Gasteiger partial charge in [-0.3, -0.25) is 0 Å². The Balaban J connectivity index is 1.18. The average molecular weight is 395 g/mol. The summed E-state index contributed by atoms with van der Waals surface area (Å²) in [6, 6.07) is 9.33. The molecule has 1 aromatic carbocycles. The van der Waals surface area contributed by atoms with Gasteiger partial charge in [0.15, 0.2) is 0 Å². The summed E-state index contributed by atoms with van der Waals surface area (Å²) in [5.74, 6) is 3.66. The largest absolute Gasteiger partial charge is 0.375 e. The molecular weight excluding hydrogens is 352 g/mol. The minimum Gasteiger partial charge on any atom is -0.375 e. The van der Waals surface area contributed by atoms with E-state index in [1.54, 1.807) is 5.56 Å². The highest BCUT2D eigenvalue weighted by molar-refractivity contribution is 5.24. The van der Waals surface area contributed by atoms with Crippen molar-refractivity contribution in [1.29, 1.82) is 0 Å². The zero-order valence-electron chi connectivity index (χ0n) is 18.8. The molecule has 29 heavy (non-hydrogen) atoms. The van der Waals surface area contributed by atoms with E-state index >= 15 is 0 Å². The summed E-state index contributed by atoms with van der Waals surface area (Å²) in [5.41, 5.74) is 2.97. The van der Waals surface area contributed by atoms with Gasteiger partial charge in [0.2, 0.25) is 0 Å². The van der Waals surface area contributed by atoms with Crippen LogP contribution in [0.2, 0.25) is 0 Å². The highest BCUT2D eigenvalue weighted by atomic mass is 16.5. The van der Waals surface area contributed by atoms with Crippen molar-refractivity contribution in [1.82, 2.24) is 0 Å². The second kappa shape index (κ2) is 10.3. The number of hydrogen-bond acceptors (Lipinski definition) is 1. The molecule has 0 spiro atoms. The fourth-order valence-corrected chi connectivity index (χ4v) is 6.49. The zero-order chi connectivity index (χ0) is 20.1. The van der Waals surface area contributed by atoms with E-state index in [-0.39, 0.29) is 0 Å². The fourth-order valence-electron chi connectivity index (χ4n) is 6.49. The molecule has 2 atom stereocenters. The van der Waals surface area contributed by atoms with Crippen LogP contribution in [0, 0.1) is 24.7 Å². The van der Waals surface area contributed by atoms with E-state index in [4.69, 9.17) is 4.74 Å². The third-order valence-corrected chi connectivity index (χ3v) is 8.36. The second-order valence-corrected chi connectivity index (χ2v) is 10.2. The lowest BCUT2D eigenvalue weighted by molar-refractivity contribution is -0.0105. The standard InChI is InChI=1S/C28H42O/c1-3-4-5-6-27-19-20-28(29-27)26-17-15-25(16-18-26)24-13-11-23(12-14-24)22-9-7-21(2)8-10-22/h3-4,7-10,23-28H,5-6,11-20H2,1-2H3/b4-3+. The van der Waals surface area contributed by atoms with Crippen LogP contribution in [-0.2, 0) is 4.74 Å². The van der Waals surface area contributed by atoms with Gasteiger partial charge in [-0.15, -0.1) is 0 Å². The molecular formula is C28H42O. The third kappa shape index (κ3) is 5.54. The van der Waals surface area contributed by atoms with Crippen molar-refractivity contribution in [2.75, 3.05) is 0 Å². The smallest absolute Gasteiger partial charge is 0.0608 e. The first-order valence-corrected chi connectivity index (χ1v) is 12.6. The van der Waals surface area contributed by atoms with Gasteiger partial charge in [-0.25, -0.2) is 0 Å². The van der Waals surface area contributed by atoms with Crippen LogP contribution < -0.4 is 0 Å². The van der Waals surface area contributed by atoms with E-state index in [0.717, 1.165) is 23.7 Å². The van der Waals surface area contributed by atoms with Crippen LogP contribution in [0.1, 0.15) is 101 Å². The summed E-state index contributed by atoms with van der Waals surface area (Å²) in [7, 11) is 0. The first-order valence-electron chi connectivity index (χ1n) is 12.6. The summed E-state index contributed by atoms with van der Waals surface area (Å²) in [5, 5.41) is 0. The molecule has 1 nitrogen and oxygen atoms in total. The summed E-state index contributed by atoms with van der Waals surface area (Å²) in [4.78, 5) is 0. The summed E-state index contributed by atoms with van der Waals surface area (Å²) >= 11 is 0. The van der Waals surface area contributed by atoms with E-state index in [1.165, 1.54) is 82.6 Å². The van der Waals surface area contributed by atoms with Crippen molar-refractivity contribution in [3.05, 3.63) is 47.5 Å². The first-order chi connectivity index (χ1) is 14.2. The van der Waals surface area contributed by atoms with Gasteiger partial charge in [-0.05, 0) is 120 Å². The molecule has 1 saturated heterocycles. The summed E-state index contributed by atoms with van der Waals surface area (Å²) in [6.07, 6.45) is 22.1. The molecule has 0 N–H and O–H groups in total. The SMILES string of the molecule is C/C=C/CCC1CCC(C2CCC(C3CCC(c4ccc(C)cc4)CC3)CC2)O1. The number of aryl methyl sites for hydroxylation is 1. The maximum Gasteiger partial charge on any atom is 0.0608 e. The molecule has 1 heteroatoms. The first kappa shape index (κ1) is 21.2. The lowest BCUT2D eigenvalue weighted by Crippen LogP contribution is -2.30. The molecule has 4 rings (SSSR count). The molecule has 1 aliphatic heterocycles. The van der Waals surface area contributed by atoms with Crippen LogP contribution in [0.15, 0.2) is 36.4 Å². The topological polar surface area (TPSA) is 9.23 Å². The fraction of sp³-hybridized carbons (Fsp3) is 0.714. The van der Waals surface area contributed by atoms with E-state index in [1.807, 2.05) is 0 Å². The molecule has 0 radical (unpaired) electrons. The van der Waals surface area contributed by atoms with Crippen LogP contribution in [0.5, 0.6) is 0 Å². The molecule has 3 fully saturated rings. The number of allylic oxidation sites excluding steroid dienone is 2. The Labute approximate surface area is 179 Å². The van der Waals surface area contributed by atoms with Crippen molar-refractivity contribution in [2.45, 2.75) is 109 Å². The number of rotatable bonds is 6. The Morgan fingerprint density at radius 1 is 0.793 bits per heavy atom. The van der Waals surface area contributed by atoms with Gasteiger partial charge >= 0.3 is 0 Å². The molecule has 160 valence electrons. The normalized spacial score (nSPS) is 35.9. The van der Waals surface area contributed by atoms with Gasteiger partial charge in [0.05, 0.1) is 12.2 Å². The van der Waals surface area contributed by atoms with Gasteiger partial charge in [0, 0.05) is 0 Å². The van der Waals surface area contributed by atoms with E-state index in [2.05, 4.69) is 50.3 Å². The number of hydrogen-bond donors (Lipinski definition) is 0. The Morgan fingerprint density at radius 3 is 2.07 bits per heavy atom. The Bertz CT molecular complexity index is 629. The minimum absolute atomic E-state index is 0.533. The lowest BCUT2D eigenvalue weighted by Gasteiger charge is -2.39. The maximum atomic E-state index is 6.47. The van der Waals surface area contributed by atoms with Crippen molar-refractivity contribution in [3.63, 3.8) is 0 Å². The second-order valence-electron chi connectivity index (χ2n) is 10.2. The Hall–Kier alpha value is -1.08. The van der Waals surface area contributed by atoms with Gasteiger partial charge in [0.25, 0.3) is 0 Å². The summed E-state index contributed by atoms with van der Waals surface area (Å²) < 4.78 is 6.47. The van der Waals surface area contributed by atoms with Crippen LogP contribution in [-0.4, -0.2) is 12.2 Å².